The Labute approximate surface area is 215 Å². The molecule has 1 aromatic heterocycles. The third-order valence-corrected chi connectivity index (χ3v) is 7.47. The number of nitrogens with zero attached hydrogens (tertiary/aromatic N) is 4. The molecule has 2 atom stereocenters. The Balaban J connectivity index is 1.26. The van der Waals surface area contributed by atoms with Gasteiger partial charge in [0.15, 0.2) is 11.6 Å². The number of rotatable bonds is 7. The SMILES string of the molecule is COCCN1CCC(NC(=O)N2CCc3cnc(NC4CCOCC4)nc3C2)C1c1ccc(F)c(F)c1. The summed E-state index contributed by atoms with van der Waals surface area (Å²) in [5.74, 6) is -1.19. The van der Waals surface area contributed by atoms with Gasteiger partial charge in [0.05, 0.1) is 30.9 Å². The van der Waals surface area contributed by atoms with Gasteiger partial charge in [0.25, 0.3) is 0 Å². The zero-order valence-electron chi connectivity index (χ0n) is 21.1. The number of halogens is 2. The molecule has 0 aliphatic carbocycles. The molecule has 9 nitrogen and oxygen atoms in total. The van der Waals surface area contributed by atoms with Gasteiger partial charge < -0.3 is 25.0 Å². The highest BCUT2D eigenvalue weighted by Crippen LogP contribution is 2.33. The van der Waals surface area contributed by atoms with Crippen molar-refractivity contribution in [3.63, 3.8) is 0 Å². The van der Waals surface area contributed by atoms with E-state index >= 15 is 0 Å². The first-order valence-corrected chi connectivity index (χ1v) is 12.9. The predicted octanol–water partition coefficient (Wildman–Crippen LogP) is 2.88. The van der Waals surface area contributed by atoms with Gasteiger partial charge in [-0.1, -0.05) is 6.07 Å². The van der Waals surface area contributed by atoms with Crippen LogP contribution in [0.15, 0.2) is 24.4 Å². The summed E-state index contributed by atoms with van der Waals surface area (Å²) in [5.41, 5.74) is 2.53. The summed E-state index contributed by atoms with van der Waals surface area (Å²) in [6.45, 7) is 4.26. The number of amides is 2. The fourth-order valence-electron chi connectivity index (χ4n) is 5.43. The maximum Gasteiger partial charge on any atom is 0.318 e. The lowest BCUT2D eigenvalue weighted by molar-refractivity contribution is 0.0903. The average Bonchev–Trinajstić information content (AvgIpc) is 3.31. The molecular formula is C26H34F2N6O3. The van der Waals surface area contributed by atoms with Gasteiger partial charge in [0.1, 0.15) is 0 Å². The van der Waals surface area contributed by atoms with Crippen molar-refractivity contribution in [1.29, 1.82) is 0 Å². The molecule has 2 saturated heterocycles. The highest BCUT2D eigenvalue weighted by Gasteiger charge is 2.37. The molecule has 37 heavy (non-hydrogen) atoms. The maximum atomic E-state index is 14.1. The highest BCUT2D eigenvalue weighted by atomic mass is 19.2. The van der Waals surface area contributed by atoms with Crippen LogP contribution in [0.1, 0.15) is 42.1 Å². The van der Waals surface area contributed by atoms with Crippen LogP contribution in [0.5, 0.6) is 0 Å². The quantitative estimate of drug-likeness (QED) is 0.585. The number of hydrogen-bond donors (Lipinski definition) is 2. The second-order valence-corrected chi connectivity index (χ2v) is 9.86. The Bertz CT molecular complexity index is 1100. The standard InChI is InChI=1S/C26H34F2N6O3/c1-36-13-10-33-9-5-22(24(33)17-2-3-20(27)21(28)14-17)32-26(35)34-8-4-18-15-29-25(31-23(18)16-34)30-19-6-11-37-12-7-19/h2-3,14-15,19,22,24H,4-13,16H2,1H3,(H,32,35)(H,29,30,31). The number of anilines is 1. The molecule has 0 saturated carbocycles. The van der Waals surface area contributed by atoms with Gasteiger partial charge in [-0.2, -0.15) is 0 Å². The largest absolute Gasteiger partial charge is 0.383 e. The Morgan fingerprint density at radius 3 is 2.81 bits per heavy atom. The van der Waals surface area contributed by atoms with Crippen molar-refractivity contribution in [1.82, 2.24) is 25.1 Å². The molecule has 0 spiro atoms. The number of fused-ring (bicyclic) bond motifs is 1. The zero-order chi connectivity index (χ0) is 25.8. The number of carbonyl (C=O) groups is 1. The molecule has 1 aromatic carbocycles. The molecule has 3 aliphatic heterocycles. The van der Waals surface area contributed by atoms with Crippen LogP contribution < -0.4 is 10.6 Å². The van der Waals surface area contributed by atoms with Crippen molar-refractivity contribution in [3.8, 4) is 0 Å². The van der Waals surface area contributed by atoms with Gasteiger partial charge in [-0.05, 0) is 48.9 Å². The van der Waals surface area contributed by atoms with Crippen LogP contribution in [0.25, 0.3) is 0 Å². The summed E-state index contributed by atoms with van der Waals surface area (Å²) < 4.78 is 38.3. The number of carbonyl (C=O) groups excluding carboxylic acids is 1. The van der Waals surface area contributed by atoms with E-state index in [2.05, 4.69) is 20.5 Å². The van der Waals surface area contributed by atoms with Crippen molar-refractivity contribution >= 4 is 12.0 Å². The van der Waals surface area contributed by atoms with Crippen molar-refractivity contribution in [3.05, 3.63) is 52.9 Å². The van der Waals surface area contributed by atoms with E-state index in [9.17, 15) is 13.6 Å². The van der Waals surface area contributed by atoms with Crippen LogP contribution in [-0.2, 0) is 22.4 Å². The van der Waals surface area contributed by atoms with Gasteiger partial charge in [-0.15, -0.1) is 0 Å². The second-order valence-electron chi connectivity index (χ2n) is 9.86. The fourth-order valence-corrected chi connectivity index (χ4v) is 5.43. The lowest BCUT2D eigenvalue weighted by Gasteiger charge is -2.33. The topological polar surface area (TPSA) is 91.9 Å². The van der Waals surface area contributed by atoms with Crippen molar-refractivity contribution in [2.75, 3.05) is 51.9 Å². The molecule has 2 aromatic rings. The Morgan fingerprint density at radius 1 is 1.19 bits per heavy atom. The molecule has 2 N–H and O–H groups in total. The van der Waals surface area contributed by atoms with Crippen LogP contribution in [0.3, 0.4) is 0 Å². The van der Waals surface area contributed by atoms with Crippen LogP contribution in [0, 0.1) is 11.6 Å². The first-order chi connectivity index (χ1) is 18.0. The van der Waals surface area contributed by atoms with Crippen molar-refractivity contribution < 1.29 is 23.0 Å². The first-order valence-electron chi connectivity index (χ1n) is 12.9. The lowest BCUT2D eigenvalue weighted by Crippen LogP contribution is -2.48. The Kier molecular flexibility index (Phi) is 8.11. The van der Waals surface area contributed by atoms with Gasteiger partial charge in [0.2, 0.25) is 5.95 Å². The fraction of sp³-hybridized carbons (Fsp3) is 0.577. The molecule has 2 fully saturated rings. The van der Waals surface area contributed by atoms with E-state index in [1.807, 2.05) is 6.20 Å². The van der Waals surface area contributed by atoms with E-state index in [4.69, 9.17) is 14.5 Å². The second kappa shape index (κ2) is 11.7. The molecule has 2 amide bonds. The molecule has 200 valence electrons. The molecule has 5 rings (SSSR count). The highest BCUT2D eigenvalue weighted by molar-refractivity contribution is 5.75. The minimum atomic E-state index is -0.890. The number of likely N-dealkylation sites (tertiary alicyclic amines) is 1. The molecule has 2 unspecified atom stereocenters. The number of urea groups is 1. The summed E-state index contributed by atoms with van der Waals surface area (Å²) >= 11 is 0. The maximum absolute atomic E-state index is 14.1. The number of methoxy groups -OCH3 is 1. The van der Waals surface area contributed by atoms with E-state index in [-0.39, 0.29) is 24.2 Å². The van der Waals surface area contributed by atoms with Crippen LogP contribution in [0.4, 0.5) is 19.5 Å². The number of hydrogen-bond acceptors (Lipinski definition) is 7. The molecule has 0 radical (unpaired) electrons. The minimum absolute atomic E-state index is 0.186. The van der Waals surface area contributed by atoms with E-state index in [1.54, 1.807) is 18.1 Å². The van der Waals surface area contributed by atoms with Crippen LogP contribution >= 0.6 is 0 Å². The summed E-state index contributed by atoms with van der Waals surface area (Å²) in [6, 6.07) is 3.54. The number of benzene rings is 1. The minimum Gasteiger partial charge on any atom is -0.383 e. The average molecular weight is 517 g/mol. The first kappa shape index (κ1) is 25.7. The van der Waals surface area contributed by atoms with Crippen LogP contribution in [-0.4, -0.2) is 84.4 Å². The Hall–Kier alpha value is -2.89. The Morgan fingerprint density at radius 2 is 2.03 bits per heavy atom. The lowest BCUT2D eigenvalue weighted by atomic mass is 9.99. The zero-order valence-corrected chi connectivity index (χ0v) is 21.1. The third-order valence-electron chi connectivity index (χ3n) is 7.47. The van der Waals surface area contributed by atoms with E-state index < -0.39 is 11.6 Å². The molecule has 4 heterocycles. The molecular weight excluding hydrogens is 482 g/mol. The smallest absolute Gasteiger partial charge is 0.318 e. The summed E-state index contributed by atoms with van der Waals surface area (Å²) in [5, 5.41) is 6.56. The molecule has 0 bridgehead atoms. The van der Waals surface area contributed by atoms with Crippen LogP contribution in [0.2, 0.25) is 0 Å². The summed E-state index contributed by atoms with van der Waals surface area (Å²) in [6.07, 6.45) is 5.05. The van der Waals surface area contributed by atoms with Crippen molar-refractivity contribution in [2.24, 2.45) is 0 Å². The van der Waals surface area contributed by atoms with Crippen molar-refractivity contribution in [2.45, 2.75) is 50.4 Å². The van der Waals surface area contributed by atoms with E-state index in [0.717, 1.165) is 49.9 Å². The van der Waals surface area contributed by atoms with Gasteiger partial charge in [-0.25, -0.2) is 23.5 Å². The summed E-state index contributed by atoms with van der Waals surface area (Å²) in [4.78, 5) is 26.4. The number of ether oxygens (including phenoxy) is 2. The van der Waals surface area contributed by atoms with E-state index in [0.29, 0.717) is 50.6 Å². The predicted molar refractivity (Wildman–Crippen MR) is 133 cm³/mol. The third kappa shape index (κ3) is 6.00. The monoisotopic (exact) mass is 516 g/mol. The normalized spacial score (nSPS) is 22.6. The van der Waals surface area contributed by atoms with E-state index in [1.165, 1.54) is 6.07 Å². The van der Waals surface area contributed by atoms with Gasteiger partial charge >= 0.3 is 6.03 Å². The molecule has 11 heteroatoms. The summed E-state index contributed by atoms with van der Waals surface area (Å²) in [7, 11) is 1.63. The van der Waals surface area contributed by atoms with Gasteiger partial charge in [-0.3, -0.25) is 4.90 Å². The molecule has 3 aliphatic rings. The number of nitrogens with one attached hydrogen (secondary N) is 2. The number of aromatic nitrogens is 2. The van der Waals surface area contributed by atoms with Gasteiger partial charge in [0, 0.05) is 52.2 Å².